The largest absolute Gasteiger partial charge is 0.464 e. The van der Waals surface area contributed by atoms with E-state index in [1.54, 1.807) is 19.9 Å². The molecule has 0 amide bonds. The molecular weight excluding hydrogens is 258 g/mol. The molecule has 1 atom stereocenters. The van der Waals surface area contributed by atoms with Gasteiger partial charge in [0.2, 0.25) is 0 Å². The summed E-state index contributed by atoms with van der Waals surface area (Å²) in [5, 5.41) is 7.22. The van der Waals surface area contributed by atoms with Gasteiger partial charge >= 0.3 is 5.97 Å². The number of hydrogen-bond acceptors (Lipinski definition) is 6. The Morgan fingerprint density at radius 2 is 2.44 bits per heavy atom. The van der Waals surface area contributed by atoms with E-state index in [9.17, 15) is 4.79 Å². The summed E-state index contributed by atoms with van der Waals surface area (Å²) in [6, 6.07) is 1.05. The lowest BCUT2D eigenvalue weighted by Crippen LogP contribution is -2.29. The molecule has 0 radical (unpaired) electrons. The Hall–Kier alpha value is -1.89. The van der Waals surface area contributed by atoms with Crippen LogP contribution in [-0.4, -0.2) is 38.2 Å². The van der Waals surface area contributed by atoms with Crippen molar-refractivity contribution in [2.24, 2.45) is 0 Å². The van der Waals surface area contributed by atoms with Crippen molar-refractivity contribution >= 4 is 29.2 Å². The Morgan fingerprint density at radius 3 is 3.17 bits per heavy atom. The summed E-state index contributed by atoms with van der Waals surface area (Å²) >= 11 is 5.86. The van der Waals surface area contributed by atoms with Gasteiger partial charge in [-0.1, -0.05) is 11.6 Å². The summed E-state index contributed by atoms with van der Waals surface area (Å²) in [5.74, 6) is 0.544. The molecule has 2 rings (SSSR count). The number of hydrogen-bond donors (Lipinski definition) is 1. The van der Waals surface area contributed by atoms with Gasteiger partial charge in [0.1, 0.15) is 23.3 Å². The molecule has 2 aromatic rings. The van der Waals surface area contributed by atoms with E-state index >= 15 is 0 Å². The predicted molar refractivity (Wildman–Crippen MR) is 65.5 cm³/mol. The predicted octanol–water partition coefficient (Wildman–Crippen LogP) is 1.14. The van der Waals surface area contributed by atoms with E-state index in [1.807, 2.05) is 0 Å². The van der Waals surface area contributed by atoms with E-state index < -0.39 is 6.04 Å². The molecule has 2 heterocycles. The number of anilines is 1. The summed E-state index contributed by atoms with van der Waals surface area (Å²) < 4.78 is 6.36. The minimum absolute atomic E-state index is 0.272. The molecule has 0 bridgehead atoms. The standard InChI is InChI=1S/C10H12ClN5O2/c1-3-18-9(17)6(2)14-8-4-7(11)15-10-12-5-13-16(8)10/h4-6,14H,3H2,1-2H3. The third-order valence-electron chi connectivity index (χ3n) is 2.23. The Balaban J connectivity index is 2.25. The number of carbonyl (C=O) groups is 1. The highest BCUT2D eigenvalue weighted by molar-refractivity contribution is 6.29. The maximum Gasteiger partial charge on any atom is 0.328 e. The van der Waals surface area contributed by atoms with Crippen molar-refractivity contribution in [3.05, 3.63) is 17.5 Å². The fourth-order valence-electron chi connectivity index (χ4n) is 1.43. The van der Waals surface area contributed by atoms with Crippen molar-refractivity contribution in [1.29, 1.82) is 0 Å². The molecule has 0 aliphatic carbocycles. The normalized spacial score (nSPS) is 12.4. The van der Waals surface area contributed by atoms with Crippen molar-refractivity contribution < 1.29 is 9.53 Å². The first-order chi connectivity index (χ1) is 8.61. The molecular formula is C10H12ClN5O2. The first kappa shape index (κ1) is 12.6. The summed E-state index contributed by atoms with van der Waals surface area (Å²) in [7, 11) is 0. The molecule has 1 N–H and O–H groups in total. The molecule has 0 saturated carbocycles. The monoisotopic (exact) mass is 269 g/mol. The molecule has 1 unspecified atom stereocenters. The van der Waals surface area contributed by atoms with Gasteiger partial charge in [-0.05, 0) is 13.8 Å². The van der Waals surface area contributed by atoms with Gasteiger partial charge in [-0.25, -0.2) is 4.79 Å². The summed E-state index contributed by atoms with van der Waals surface area (Å²) in [4.78, 5) is 19.4. The van der Waals surface area contributed by atoms with Crippen LogP contribution in [0.5, 0.6) is 0 Å². The lowest BCUT2D eigenvalue weighted by molar-refractivity contribution is -0.143. The van der Waals surface area contributed by atoms with Gasteiger partial charge in [0.05, 0.1) is 6.61 Å². The minimum atomic E-state index is -0.518. The van der Waals surface area contributed by atoms with Crippen LogP contribution < -0.4 is 5.32 Å². The molecule has 7 nitrogen and oxygen atoms in total. The van der Waals surface area contributed by atoms with E-state index in [1.165, 1.54) is 10.8 Å². The average Bonchev–Trinajstić information content (AvgIpc) is 2.77. The average molecular weight is 270 g/mol. The highest BCUT2D eigenvalue weighted by Crippen LogP contribution is 2.15. The van der Waals surface area contributed by atoms with Crippen LogP contribution in [0.25, 0.3) is 5.78 Å². The van der Waals surface area contributed by atoms with Gasteiger partial charge in [-0.2, -0.15) is 19.6 Å². The number of rotatable bonds is 4. The number of nitrogens with zero attached hydrogens (tertiary/aromatic N) is 4. The second-order valence-electron chi connectivity index (χ2n) is 3.55. The Kier molecular flexibility index (Phi) is 3.61. The number of aromatic nitrogens is 4. The zero-order valence-electron chi connectivity index (χ0n) is 9.92. The van der Waals surface area contributed by atoms with Gasteiger partial charge < -0.3 is 10.1 Å². The minimum Gasteiger partial charge on any atom is -0.464 e. The van der Waals surface area contributed by atoms with Crippen LogP contribution in [0.4, 0.5) is 5.82 Å². The lowest BCUT2D eigenvalue weighted by Gasteiger charge is -2.14. The molecule has 18 heavy (non-hydrogen) atoms. The fourth-order valence-corrected chi connectivity index (χ4v) is 1.61. The topological polar surface area (TPSA) is 81.4 Å². The number of halogens is 1. The highest BCUT2D eigenvalue weighted by atomic mass is 35.5. The van der Waals surface area contributed by atoms with Gasteiger partial charge in [-0.3, -0.25) is 0 Å². The van der Waals surface area contributed by atoms with Crippen molar-refractivity contribution in [3.8, 4) is 0 Å². The SMILES string of the molecule is CCOC(=O)C(C)Nc1cc(Cl)nc2ncnn12. The van der Waals surface area contributed by atoms with Crippen LogP contribution in [0, 0.1) is 0 Å². The van der Waals surface area contributed by atoms with E-state index in [2.05, 4.69) is 20.4 Å². The molecule has 8 heteroatoms. The van der Waals surface area contributed by atoms with E-state index in [4.69, 9.17) is 16.3 Å². The highest BCUT2D eigenvalue weighted by Gasteiger charge is 2.16. The number of fused-ring (bicyclic) bond motifs is 1. The van der Waals surface area contributed by atoms with Crippen molar-refractivity contribution in [2.45, 2.75) is 19.9 Å². The molecule has 0 fully saturated rings. The van der Waals surface area contributed by atoms with Crippen molar-refractivity contribution in [1.82, 2.24) is 19.6 Å². The van der Waals surface area contributed by atoms with Crippen LogP contribution in [0.1, 0.15) is 13.8 Å². The first-order valence-electron chi connectivity index (χ1n) is 5.41. The molecule has 0 saturated heterocycles. The van der Waals surface area contributed by atoms with E-state index in [0.29, 0.717) is 18.2 Å². The van der Waals surface area contributed by atoms with Crippen LogP contribution in [0.2, 0.25) is 5.15 Å². The number of esters is 1. The second kappa shape index (κ2) is 5.18. The van der Waals surface area contributed by atoms with Crippen LogP contribution >= 0.6 is 11.6 Å². The van der Waals surface area contributed by atoms with Crippen LogP contribution in [-0.2, 0) is 9.53 Å². The number of nitrogens with one attached hydrogen (secondary N) is 1. The third-order valence-corrected chi connectivity index (χ3v) is 2.42. The van der Waals surface area contributed by atoms with Gasteiger partial charge in [0.15, 0.2) is 0 Å². The molecule has 0 aliphatic rings. The van der Waals surface area contributed by atoms with Crippen molar-refractivity contribution in [3.63, 3.8) is 0 Å². The number of ether oxygens (including phenoxy) is 1. The molecule has 0 aliphatic heterocycles. The molecule has 0 aromatic carbocycles. The van der Waals surface area contributed by atoms with E-state index in [0.717, 1.165) is 0 Å². The maximum atomic E-state index is 11.5. The fraction of sp³-hybridized carbons (Fsp3) is 0.400. The molecule has 0 spiro atoms. The van der Waals surface area contributed by atoms with E-state index in [-0.39, 0.29) is 11.1 Å². The first-order valence-corrected chi connectivity index (χ1v) is 5.79. The molecule has 2 aromatic heterocycles. The van der Waals surface area contributed by atoms with Crippen molar-refractivity contribution in [2.75, 3.05) is 11.9 Å². The quantitative estimate of drug-likeness (QED) is 0.662. The molecule has 96 valence electrons. The Labute approximate surface area is 108 Å². The van der Waals surface area contributed by atoms with Crippen LogP contribution in [0.15, 0.2) is 12.4 Å². The van der Waals surface area contributed by atoms with Gasteiger partial charge in [0, 0.05) is 6.07 Å². The van der Waals surface area contributed by atoms with Gasteiger partial charge in [0.25, 0.3) is 5.78 Å². The zero-order chi connectivity index (χ0) is 13.1. The second-order valence-corrected chi connectivity index (χ2v) is 3.94. The lowest BCUT2D eigenvalue weighted by atomic mass is 10.3. The smallest absolute Gasteiger partial charge is 0.328 e. The third kappa shape index (κ3) is 2.51. The zero-order valence-corrected chi connectivity index (χ0v) is 10.7. The summed E-state index contributed by atoms with van der Waals surface area (Å²) in [6.45, 7) is 3.78. The maximum absolute atomic E-state index is 11.5. The number of carbonyl (C=O) groups excluding carboxylic acids is 1. The summed E-state index contributed by atoms with van der Waals surface area (Å²) in [5.41, 5.74) is 0. The van der Waals surface area contributed by atoms with Gasteiger partial charge in [-0.15, -0.1) is 0 Å². The Morgan fingerprint density at radius 1 is 1.67 bits per heavy atom. The Bertz CT molecular complexity index is 570. The van der Waals surface area contributed by atoms with Crippen LogP contribution in [0.3, 0.4) is 0 Å². The summed E-state index contributed by atoms with van der Waals surface area (Å²) in [6.07, 6.45) is 1.36.